The second-order valence-corrected chi connectivity index (χ2v) is 7.72. The number of carbonyl (C=O) groups is 5. The van der Waals surface area contributed by atoms with Gasteiger partial charge in [0.2, 0.25) is 11.8 Å². The predicted molar refractivity (Wildman–Crippen MR) is 106 cm³/mol. The molecular weight excluding hydrogens is 390 g/mol. The van der Waals surface area contributed by atoms with Gasteiger partial charge in [-0.3, -0.25) is 29.4 Å². The highest BCUT2D eigenvalue weighted by atomic mass is 16.5. The molecule has 160 valence electrons. The number of rotatable bonds is 5. The monoisotopic (exact) mass is 415 g/mol. The van der Waals surface area contributed by atoms with Crippen molar-refractivity contribution in [3.63, 3.8) is 0 Å². The van der Waals surface area contributed by atoms with Crippen molar-refractivity contribution in [3.05, 3.63) is 29.3 Å². The molecule has 0 aromatic heterocycles. The molecule has 2 aliphatic rings. The third kappa shape index (κ3) is 4.84. The number of anilines is 1. The van der Waals surface area contributed by atoms with E-state index in [1.54, 1.807) is 12.1 Å². The Bertz CT molecular complexity index is 873. The van der Waals surface area contributed by atoms with Gasteiger partial charge in [0.15, 0.2) is 6.61 Å². The lowest BCUT2D eigenvalue weighted by Gasteiger charge is -2.19. The molecule has 0 spiro atoms. The van der Waals surface area contributed by atoms with Gasteiger partial charge in [-0.05, 0) is 49.9 Å². The first-order valence-corrected chi connectivity index (χ1v) is 9.95. The first kappa shape index (κ1) is 21.5. The Morgan fingerprint density at radius 3 is 2.27 bits per heavy atom. The van der Waals surface area contributed by atoms with Crippen LogP contribution in [0.5, 0.6) is 0 Å². The largest absolute Gasteiger partial charge is 0.454 e. The van der Waals surface area contributed by atoms with Crippen LogP contribution in [0.25, 0.3) is 0 Å². The van der Waals surface area contributed by atoms with Crippen molar-refractivity contribution < 1.29 is 28.7 Å². The topological polar surface area (TPSA) is 122 Å². The predicted octanol–water partition coefficient (Wildman–Crippen LogP) is 1.67. The Kier molecular flexibility index (Phi) is 6.49. The van der Waals surface area contributed by atoms with E-state index in [1.807, 2.05) is 19.9 Å². The normalized spacial score (nSPS) is 20.5. The van der Waals surface area contributed by atoms with Crippen LogP contribution in [0.1, 0.15) is 36.8 Å². The van der Waals surface area contributed by atoms with E-state index in [2.05, 4.69) is 10.6 Å². The van der Waals surface area contributed by atoms with E-state index >= 15 is 0 Å². The van der Waals surface area contributed by atoms with E-state index < -0.39 is 31.1 Å². The number of hydrogen-bond acceptors (Lipinski definition) is 6. The molecule has 1 aromatic rings. The van der Waals surface area contributed by atoms with E-state index in [-0.39, 0.29) is 23.7 Å². The molecule has 2 unspecified atom stereocenters. The number of aryl methyl sites for hydroxylation is 2. The number of likely N-dealkylation sites (tertiary alicyclic amines) is 1. The molecule has 2 N–H and O–H groups in total. The molecule has 1 aliphatic carbocycles. The summed E-state index contributed by atoms with van der Waals surface area (Å²) in [6.45, 7) is 2.62. The second-order valence-electron chi connectivity index (χ2n) is 7.72. The number of hydrogen-bond donors (Lipinski definition) is 2. The summed E-state index contributed by atoms with van der Waals surface area (Å²) < 4.78 is 4.82. The SMILES string of the molecule is Cc1ccc(NC(=O)NC(=O)COC(=O)CN2C(=O)C3CCCCC3C2=O)cc1C. The minimum atomic E-state index is -0.875. The lowest BCUT2D eigenvalue weighted by atomic mass is 9.81. The van der Waals surface area contributed by atoms with E-state index in [0.29, 0.717) is 18.5 Å². The highest BCUT2D eigenvalue weighted by Gasteiger charge is 2.48. The molecular formula is C21H25N3O6. The van der Waals surface area contributed by atoms with Crippen molar-refractivity contribution in [2.24, 2.45) is 11.8 Å². The molecule has 5 amide bonds. The molecule has 3 rings (SSSR count). The lowest BCUT2D eigenvalue weighted by Crippen LogP contribution is -2.40. The zero-order valence-corrected chi connectivity index (χ0v) is 17.0. The molecule has 1 aromatic carbocycles. The molecule has 9 heteroatoms. The summed E-state index contributed by atoms with van der Waals surface area (Å²) in [6, 6.07) is 4.55. The van der Waals surface area contributed by atoms with E-state index in [0.717, 1.165) is 28.9 Å². The lowest BCUT2D eigenvalue weighted by molar-refractivity contribution is -0.154. The van der Waals surface area contributed by atoms with Crippen LogP contribution in [0.15, 0.2) is 18.2 Å². The quantitative estimate of drug-likeness (QED) is 0.557. The fraction of sp³-hybridized carbons (Fsp3) is 0.476. The number of fused-ring (bicyclic) bond motifs is 1. The van der Waals surface area contributed by atoms with Crippen molar-refractivity contribution >= 4 is 35.4 Å². The van der Waals surface area contributed by atoms with Crippen LogP contribution in [0.4, 0.5) is 10.5 Å². The summed E-state index contributed by atoms with van der Waals surface area (Å²) in [4.78, 5) is 61.4. The van der Waals surface area contributed by atoms with Gasteiger partial charge in [0.05, 0.1) is 11.8 Å². The van der Waals surface area contributed by atoms with Gasteiger partial charge in [0.1, 0.15) is 6.54 Å². The summed E-state index contributed by atoms with van der Waals surface area (Å²) in [5, 5.41) is 4.57. The molecule has 2 fully saturated rings. The van der Waals surface area contributed by atoms with Gasteiger partial charge in [-0.25, -0.2) is 4.79 Å². The number of benzene rings is 1. The van der Waals surface area contributed by atoms with Gasteiger partial charge in [-0.2, -0.15) is 0 Å². The van der Waals surface area contributed by atoms with E-state index in [9.17, 15) is 24.0 Å². The van der Waals surface area contributed by atoms with Crippen LogP contribution in [-0.2, 0) is 23.9 Å². The van der Waals surface area contributed by atoms with Gasteiger partial charge >= 0.3 is 12.0 Å². The van der Waals surface area contributed by atoms with Crippen LogP contribution >= 0.6 is 0 Å². The zero-order chi connectivity index (χ0) is 21.8. The van der Waals surface area contributed by atoms with Crippen LogP contribution in [0, 0.1) is 25.7 Å². The molecule has 1 saturated heterocycles. The number of amides is 5. The zero-order valence-electron chi connectivity index (χ0n) is 17.0. The standard InChI is InChI=1S/C21H25N3O6/c1-12-7-8-14(9-13(12)2)22-21(29)23-17(25)11-30-18(26)10-24-19(27)15-5-3-4-6-16(15)20(24)28/h7-9,15-16H,3-6,10-11H2,1-2H3,(H2,22,23,25,29). The third-order valence-corrected chi connectivity index (χ3v) is 5.60. The Morgan fingerprint density at radius 2 is 1.67 bits per heavy atom. The summed E-state index contributed by atoms with van der Waals surface area (Å²) in [5.74, 6) is -3.09. The van der Waals surface area contributed by atoms with Gasteiger partial charge in [-0.15, -0.1) is 0 Å². The Labute approximate surface area is 174 Å². The second kappa shape index (κ2) is 9.06. The third-order valence-electron chi connectivity index (χ3n) is 5.60. The van der Waals surface area contributed by atoms with Crippen molar-refractivity contribution in [2.45, 2.75) is 39.5 Å². The highest BCUT2D eigenvalue weighted by molar-refractivity contribution is 6.07. The Hall–Kier alpha value is -3.23. The number of nitrogens with zero attached hydrogens (tertiary/aromatic N) is 1. The van der Waals surface area contributed by atoms with Crippen molar-refractivity contribution in [2.75, 3.05) is 18.5 Å². The maximum absolute atomic E-state index is 12.4. The molecule has 30 heavy (non-hydrogen) atoms. The van der Waals surface area contributed by atoms with Crippen LogP contribution < -0.4 is 10.6 Å². The van der Waals surface area contributed by atoms with Crippen molar-refractivity contribution in [1.29, 1.82) is 0 Å². The summed E-state index contributed by atoms with van der Waals surface area (Å²) >= 11 is 0. The average Bonchev–Trinajstić information content (AvgIpc) is 2.94. The molecule has 1 aliphatic heterocycles. The van der Waals surface area contributed by atoms with Gasteiger partial charge < -0.3 is 10.1 Å². The fourth-order valence-electron chi connectivity index (χ4n) is 3.85. The highest BCUT2D eigenvalue weighted by Crippen LogP contribution is 2.37. The Morgan fingerprint density at radius 1 is 1.03 bits per heavy atom. The maximum Gasteiger partial charge on any atom is 0.326 e. The maximum atomic E-state index is 12.4. The number of ether oxygens (including phenoxy) is 1. The van der Waals surface area contributed by atoms with Crippen LogP contribution in [0.3, 0.4) is 0 Å². The first-order valence-electron chi connectivity index (χ1n) is 9.95. The smallest absolute Gasteiger partial charge is 0.326 e. The van der Waals surface area contributed by atoms with E-state index in [1.165, 1.54) is 0 Å². The average molecular weight is 415 g/mol. The number of esters is 1. The first-order chi connectivity index (χ1) is 14.3. The fourth-order valence-corrected chi connectivity index (χ4v) is 3.85. The number of imide groups is 2. The number of carbonyl (C=O) groups excluding carboxylic acids is 5. The van der Waals surface area contributed by atoms with Gasteiger partial charge in [-0.1, -0.05) is 18.9 Å². The molecule has 2 atom stereocenters. The molecule has 9 nitrogen and oxygen atoms in total. The molecule has 0 bridgehead atoms. The van der Waals surface area contributed by atoms with Crippen LogP contribution in [-0.4, -0.2) is 47.8 Å². The number of urea groups is 1. The minimum absolute atomic E-state index is 0.348. The van der Waals surface area contributed by atoms with E-state index in [4.69, 9.17) is 4.74 Å². The van der Waals surface area contributed by atoms with Gasteiger partial charge in [0.25, 0.3) is 5.91 Å². The van der Waals surface area contributed by atoms with Crippen molar-refractivity contribution in [1.82, 2.24) is 10.2 Å². The molecule has 1 saturated carbocycles. The summed E-state index contributed by atoms with van der Waals surface area (Å²) in [5.41, 5.74) is 2.57. The molecule has 0 radical (unpaired) electrons. The Balaban J connectivity index is 1.43. The van der Waals surface area contributed by atoms with Gasteiger partial charge in [0, 0.05) is 5.69 Å². The summed E-state index contributed by atoms with van der Waals surface area (Å²) in [7, 11) is 0. The van der Waals surface area contributed by atoms with Crippen LogP contribution in [0.2, 0.25) is 0 Å². The molecule has 1 heterocycles. The number of nitrogens with one attached hydrogen (secondary N) is 2. The minimum Gasteiger partial charge on any atom is -0.454 e. The van der Waals surface area contributed by atoms with Crippen molar-refractivity contribution in [3.8, 4) is 0 Å². The summed E-state index contributed by atoms with van der Waals surface area (Å²) in [6.07, 6.45) is 3.09.